The maximum atomic E-state index is 9.37. The fraction of sp³-hybridized carbons (Fsp3) is 0.238. The lowest BCUT2D eigenvalue weighted by atomic mass is 9.87. The summed E-state index contributed by atoms with van der Waals surface area (Å²) in [5.41, 5.74) is 3.05. The average Bonchev–Trinajstić information content (AvgIpc) is 2.60. The van der Waals surface area contributed by atoms with E-state index >= 15 is 0 Å². The van der Waals surface area contributed by atoms with Crippen molar-refractivity contribution < 1.29 is 0 Å². The molecule has 0 saturated heterocycles. The van der Waals surface area contributed by atoms with Gasteiger partial charge >= 0.3 is 0 Å². The van der Waals surface area contributed by atoms with Crippen molar-refractivity contribution in [2.75, 3.05) is 0 Å². The Morgan fingerprint density at radius 3 is 2.58 bits per heavy atom. The van der Waals surface area contributed by atoms with Crippen molar-refractivity contribution in [3.8, 4) is 17.2 Å². The van der Waals surface area contributed by atoms with Gasteiger partial charge in [-0.15, -0.1) is 11.8 Å². The average molecular weight is 330 g/mol. The first-order chi connectivity index (χ1) is 11.8. The molecule has 118 valence electrons. The molecule has 1 aliphatic rings. The highest BCUT2D eigenvalue weighted by molar-refractivity contribution is 8.00. The topological polar surface area (TPSA) is 36.7 Å². The van der Waals surface area contributed by atoms with E-state index < -0.39 is 0 Å². The minimum atomic E-state index is 0.714. The van der Waals surface area contributed by atoms with Crippen LogP contribution in [0.15, 0.2) is 59.8 Å². The number of rotatable bonds is 3. The van der Waals surface area contributed by atoms with Crippen molar-refractivity contribution in [2.24, 2.45) is 5.92 Å². The van der Waals surface area contributed by atoms with Gasteiger partial charge in [-0.25, -0.2) is 0 Å². The van der Waals surface area contributed by atoms with Crippen LogP contribution in [-0.2, 0) is 0 Å². The Morgan fingerprint density at radius 2 is 1.83 bits per heavy atom. The number of benzene rings is 2. The smallest absolute Gasteiger partial charge is 0.0998 e. The van der Waals surface area contributed by atoms with E-state index in [9.17, 15) is 5.26 Å². The molecule has 1 heterocycles. The maximum Gasteiger partial charge on any atom is 0.0998 e. The molecule has 1 fully saturated rings. The molecule has 0 bridgehead atoms. The highest BCUT2D eigenvalue weighted by Crippen LogP contribution is 2.44. The lowest BCUT2D eigenvalue weighted by molar-refractivity contribution is 0.360. The second-order valence-corrected chi connectivity index (χ2v) is 7.85. The molecule has 3 aromatic rings. The number of pyridine rings is 1. The second kappa shape index (κ2) is 6.30. The minimum absolute atomic E-state index is 0.714. The van der Waals surface area contributed by atoms with E-state index in [0.29, 0.717) is 5.25 Å². The summed E-state index contributed by atoms with van der Waals surface area (Å²) in [5.74, 6) is 0.850. The summed E-state index contributed by atoms with van der Waals surface area (Å²) < 4.78 is 0. The zero-order chi connectivity index (χ0) is 16.5. The van der Waals surface area contributed by atoms with Gasteiger partial charge in [0.2, 0.25) is 0 Å². The van der Waals surface area contributed by atoms with E-state index in [1.54, 1.807) is 0 Å². The molecule has 0 aliphatic heterocycles. The zero-order valence-electron chi connectivity index (χ0n) is 13.6. The Morgan fingerprint density at radius 1 is 1.04 bits per heavy atom. The molecule has 24 heavy (non-hydrogen) atoms. The summed E-state index contributed by atoms with van der Waals surface area (Å²) in [6, 6.07) is 16.5. The molecule has 0 amide bonds. The molecule has 2 aromatic carbocycles. The van der Waals surface area contributed by atoms with Gasteiger partial charge in [-0.3, -0.25) is 4.98 Å². The van der Waals surface area contributed by atoms with Gasteiger partial charge in [-0.05, 0) is 41.8 Å². The van der Waals surface area contributed by atoms with E-state index in [-0.39, 0.29) is 0 Å². The SMILES string of the molecule is CC1CC(Sc2ccncc2-c2ccc(C#N)c3ccccc23)C1. The van der Waals surface area contributed by atoms with Gasteiger partial charge < -0.3 is 0 Å². The van der Waals surface area contributed by atoms with Gasteiger partial charge in [0.1, 0.15) is 0 Å². The first kappa shape index (κ1) is 15.2. The van der Waals surface area contributed by atoms with E-state index in [4.69, 9.17) is 0 Å². The van der Waals surface area contributed by atoms with Crippen molar-refractivity contribution in [3.05, 3.63) is 60.4 Å². The summed E-state index contributed by atoms with van der Waals surface area (Å²) in [4.78, 5) is 5.65. The molecule has 0 N–H and O–H groups in total. The summed E-state index contributed by atoms with van der Waals surface area (Å²) in [7, 11) is 0. The van der Waals surface area contributed by atoms with Gasteiger partial charge in [-0.2, -0.15) is 5.26 Å². The van der Waals surface area contributed by atoms with Crippen molar-refractivity contribution in [1.29, 1.82) is 5.26 Å². The van der Waals surface area contributed by atoms with E-state index in [1.807, 2.05) is 48.4 Å². The van der Waals surface area contributed by atoms with Crippen LogP contribution >= 0.6 is 11.8 Å². The third-order valence-corrected chi connectivity index (χ3v) is 6.07. The van der Waals surface area contributed by atoms with Crippen LogP contribution in [0.1, 0.15) is 25.3 Å². The molecule has 4 rings (SSSR count). The molecule has 0 unspecified atom stereocenters. The number of hydrogen-bond acceptors (Lipinski definition) is 3. The molecule has 1 saturated carbocycles. The van der Waals surface area contributed by atoms with Gasteiger partial charge in [-0.1, -0.05) is 37.3 Å². The quantitative estimate of drug-likeness (QED) is 0.621. The first-order valence-electron chi connectivity index (χ1n) is 8.29. The van der Waals surface area contributed by atoms with E-state index in [1.165, 1.54) is 23.3 Å². The number of nitriles is 1. The van der Waals surface area contributed by atoms with Crippen LogP contribution < -0.4 is 0 Å². The summed E-state index contributed by atoms with van der Waals surface area (Å²) in [6.07, 6.45) is 6.42. The van der Waals surface area contributed by atoms with Gasteiger partial charge in [0, 0.05) is 33.5 Å². The molecule has 0 radical (unpaired) electrons. The molecule has 1 aliphatic carbocycles. The van der Waals surface area contributed by atoms with E-state index in [2.05, 4.69) is 36.2 Å². The molecular formula is C21H18N2S. The molecular weight excluding hydrogens is 312 g/mol. The fourth-order valence-corrected chi connectivity index (χ4v) is 5.06. The summed E-state index contributed by atoms with van der Waals surface area (Å²) in [5, 5.41) is 12.2. The number of nitrogens with zero attached hydrogens (tertiary/aromatic N) is 2. The third-order valence-electron chi connectivity index (χ3n) is 4.74. The molecule has 0 spiro atoms. The van der Waals surface area contributed by atoms with Crippen LogP contribution in [0, 0.1) is 17.2 Å². The van der Waals surface area contributed by atoms with Crippen LogP contribution in [0.4, 0.5) is 0 Å². The first-order valence-corrected chi connectivity index (χ1v) is 9.17. The summed E-state index contributed by atoms with van der Waals surface area (Å²) in [6.45, 7) is 2.32. The summed E-state index contributed by atoms with van der Waals surface area (Å²) >= 11 is 1.97. The Balaban J connectivity index is 1.82. The highest BCUT2D eigenvalue weighted by atomic mass is 32.2. The predicted molar refractivity (Wildman–Crippen MR) is 99.9 cm³/mol. The third kappa shape index (κ3) is 2.68. The molecule has 2 nitrogen and oxygen atoms in total. The minimum Gasteiger partial charge on any atom is -0.264 e. The lowest BCUT2D eigenvalue weighted by Crippen LogP contribution is -2.23. The standard InChI is InChI=1S/C21H18N2S/c1-14-10-16(11-14)24-21-8-9-23-13-20(21)19-7-6-15(12-22)17-4-2-3-5-18(17)19/h2-9,13-14,16H,10-11H2,1H3. The molecule has 0 atom stereocenters. The van der Waals surface area contributed by atoms with Crippen molar-refractivity contribution >= 4 is 22.5 Å². The Bertz CT molecular complexity index is 936. The van der Waals surface area contributed by atoms with E-state index in [0.717, 1.165) is 27.8 Å². The maximum absolute atomic E-state index is 9.37. The van der Waals surface area contributed by atoms with Gasteiger partial charge in [0.25, 0.3) is 0 Å². The van der Waals surface area contributed by atoms with Crippen LogP contribution in [0.5, 0.6) is 0 Å². The van der Waals surface area contributed by atoms with Crippen LogP contribution in [0.25, 0.3) is 21.9 Å². The van der Waals surface area contributed by atoms with Crippen LogP contribution in [-0.4, -0.2) is 10.2 Å². The van der Waals surface area contributed by atoms with Gasteiger partial charge in [0.05, 0.1) is 11.6 Å². The zero-order valence-corrected chi connectivity index (χ0v) is 14.4. The number of fused-ring (bicyclic) bond motifs is 1. The molecule has 3 heteroatoms. The largest absolute Gasteiger partial charge is 0.264 e. The van der Waals surface area contributed by atoms with Crippen molar-refractivity contribution in [3.63, 3.8) is 0 Å². The van der Waals surface area contributed by atoms with Gasteiger partial charge in [0.15, 0.2) is 0 Å². The van der Waals surface area contributed by atoms with Crippen LogP contribution in [0.2, 0.25) is 0 Å². The lowest BCUT2D eigenvalue weighted by Gasteiger charge is -2.32. The highest BCUT2D eigenvalue weighted by Gasteiger charge is 2.27. The molecule has 1 aromatic heterocycles. The Hall–Kier alpha value is -2.31. The number of thioether (sulfide) groups is 1. The van der Waals surface area contributed by atoms with Crippen molar-refractivity contribution in [1.82, 2.24) is 4.98 Å². The second-order valence-electron chi connectivity index (χ2n) is 6.51. The number of aromatic nitrogens is 1. The van der Waals surface area contributed by atoms with Crippen molar-refractivity contribution in [2.45, 2.75) is 29.9 Å². The van der Waals surface area contributed by atoms with Crippen LogP contribution in [0.3, 0.4) is 0 Å². The normalized spacial score (nSPS) is 19.7. The number of hydrogen-bond donors (Lipinski definition) is 0. The Kier molecular flexibility index (Phi) is 4.00. The predicted octanol–water partition coefficient (Wildman–Crippen LogP) is 5.66. The monoisotopic (exact) mass is 330 g/mol. The fourth-order valence-electron chi connectivity index (χ4n) is 3.42. The Labute approximate surface area is 146 Å².